The first-order valence-electron chi connectivity index (χ1n) is 5.27. The lowest BCUT2D eigenvalue weighted by Gasteiger charge is -2.29. The lowest BCUT2D eigenvalue weighted by molar-refractivity contribution is 0.205. The first-order valence-corrected chi connectivity index (χ1v) is 6.66. The molecule has 1 fully saturated rings. The maximum atomic E-state index is 12.1. The van der Waals surface area contributed by atoms with Crippen LogP contribution in [0.1, 0.15) is 26.7 Å². The van der Waals surface area contributed by atoms with E-state index in [0.29, 0.717) is 6.54 Å². The zero-order valence-corrected chi connectivity index (χ0v) is 10.4. The molecule has 1 heterocycles. The summed E-state index contributed by atoms with van der Waals surface area (Å²) in [6.07, 6.45) is 1.58. The summed E-state index contributed by atoms with van der Waals surface area (Å²) in [6, 6.07) is -0.300. The predicted molar refractivity (Wildman–Crippen MR) is 58.6 cm³/mol. The molecule has 5 nitrogen and oxygen atoms in total. The zero-order chi connectivity index (χ0) is 11.6. The van der Waals surface area contributed by atoms with Crippen molar-refractivity contribution >= 4 is 10.2 Å². The molecule has 1 aliphatic rings. The Kier molecular flexibility index (Phi) is 4.11. The largest absolute Gasteiger partial charge is 0.395 e. The molecule has 6 heteroatoms. The average molecular weight is 236 g/mol. The van der Waals surface area contributed by atoms with Crippen LogP contribution in [0.4, 0.5) is 0 Å². The number of hydrogen-bond donors (Lipinski definition) is 1. The van der Waals surface area contributed by atoms with Gasteiger partial charge in [0.05, 0.1) is 6.61 Å². The highest BCUT2D eigenvalue weighted by Gasteiger charge is 2.36. The second-order valence-corrected chi connectivity index (χ2v) is 6.15. The molecule has 0 unspecified atom stereocenters. The maximum Gasteiger partial charge on any atom is 0.282 e. The minimum absolute atomic E-state index is 0.0602. The fourth-order valence-electron chi connectivity index (χ4n) is 1.73. The fraction of sp³-hybridized carbons (Fsp3) is 1.00. The summed E-state index contributed by atoms with van der Waals surface area (Å²) in [5, 5.41) is 9.10. The molecular weight excluding hydrogens is 216 g/mol. The van der Waals surface area contributed by atoms with Crippen molar-refractivity contribution in [1.29, 1.82) is 0 Å². The van der Waals surface area contributed by atoms with Crippen molar-refractivity contribution < 1.29 is 13.5 Å². The molecule has 0 spiro atoms. The van der Waals surface area contributed by atoms with E-state index in [2.05, 4.69) is 0 Å². The second-order valence-electron chi connectivity index (χ2n) is 4.21. The van der Waals surface area contributed by atoms with Gasteiger partial charge in [0.1, 0.15) is 0 Å². The first-order chi connectivity index (χ1) is 6.91. The third-order valence-corrected chi connectivity index (χ3v) is 5.14. The molecule has 0 amide bonds. The molecule has 0 aromatic carbocycles. The van der Waals surface area contributed by atoms with Gasteiger partial charge in [0.15, 0.2) is 0 Å². The van der Waals surface area contributed by atoms with Gasteiger partial charge < -0.3 is 5.11 Å². The van der Waals surface area contributed by atoms with E-state index in [1.54, 1.807) is 7.05 Å². The van der Waals surface area contributed by atoms with Gasteiger partial charge >= 0.3 is 0 Å². The molecule has 1 aliphatic heterocycles. The summed E-state index contributed by atoms with van der Waals surface area (Å²) in [7, 11) is -1.82. The summed E-state index contributed by atoms with van der Waals surface area (Å²) < 4.78 is 26.9. The molecule has 1 N–H and O–H groups in total. The van der Waals surface area contributed by atoms with Crippen molar-refractivity contribution in [1.82, 2.24) is 8.61 Å². The molecule has 0 bridgehead atoms. The highest BCUT2D eigenvalue weighted by Crippen LogP contribution is 2.23. The van der Waals surface area contributed by atoms with Crippen LogP contribution in [0.5, 0.6) is 0 Å². The topological polar surface area (TPSA) is 60.9 Å². The Morgan fingerprint density at radius 3 is 2.60 bits per heavy atom. The Labute approximate surface area is 91.9 Å². The Balaban J connectivity index is 2.86. The van der Waals surface area contributed by atoms with Gasteiger partial charge in [0.2, 0.25) is 0 Å². The van der Waals surface area contributed by atoms with E-state index >= 15 is 0 Å². The molecule has 0 aromatic rings. The Hall–Kier alpha value is -0.170. The smallest absolute Gasteiger partial charge is 0.282 e. The first kappa shape index (κ1) is 12.9. The molecule has 15 heavy (non-hydrogen) atoms. The third kappa shape index (κ3) is 2.50. The van der Waals surface area contributed by atoms with Crippen molar-refractivity contribution in [2.45, 2.75) is 38.8 Å². The van der Waals surface area contributed by atoms with E-state index in [9.17, 15) is 8.42 Å². The molecule has 0 aliphatic carbocycles. The minimum atomic E-state index is -3.39. The van der Waals surface area contributed by atoms with E-state index in [4.69, 9.17) is 5.11 Å². The summed E-state index contributed by atoms with van der Waals surface area (Å²) >= 11 is 0. The lowest BCUT2D eigenvalue weighted by atomic mass is 10.2. The maximum absolute atomic E-state index is 12.1. The zero-order valence-electron chi connectivity index (χ0n) is 9.55. The predicted octanol–water partition coefficient (Wildman–Crippen LogP) is 0.0281. The Morgan fingerprint density at radius 1 is 1.53 bits per heavy atom. The summed E-state index contributed by atoms with van der Waals surface area (Å²) in [5.41, 5.74) is 0. The molecule has 0 saturated carbocycles. The molecule has 1 atom stereocenters. The van der Waals surface area contributed by atoms with E-state index in [1.807, 2.05) is 13.8 Å². The number of nitrogens with zero attached hydrogens (tertiary/aromatic N) is 2. The second kappa shape index (κ2) is 4.78. The summed E-state index contributed by atoms with van der Waals surface area (Å²) in [5.74, 6) is 0. The molecule has 0 aromatic heterocycles. The summed E-state index contributed by atoms with van der Waals surface area (Å²) in [4.78, 5) is 0. The molecular formula is C9H20N2O3S. The Bertz CT molecular complexity index is 302. The molecule has 0 radical (unpaired) electrons. The van der Waals surface area contributed by atoms with E-state index < -0.39 is 10.2 Å². The van der Waals surface area contributed by atoms with Crippen molar-refractivity contribution in [3.8, 4) is 0 Å². The lowest BCUT2D eigenvalue weighted by Crippen LogP contribution is -2.47. The van der Waals surface area contributed by atoms with Crippen LogP contribution in [0.15, 0.2) is 0 Å². The number of hydrogen-bond acceptors (Lipinski definition) is 3. The Morgan fingerprint density at radius 2 is 2.13 bits per heavy atom. The van der Waals surface area contributed by atoms with Crippen LogP contribution in [0, 0.1) is 0 Å². The van der Waals surface area contributed by atoms with E-state index in [-0.39, 0.29) is 18.7 Å². The van der Waals surface area contributed by atoms with Gasteiger partial charge in [0, 0.05) is 25.7 Å². The quantitative estimate of drug-likeness (QED) is 0.749. The number of aliphatic hydroxyl groups is 1. The van der Waals surface area contributed by atoms with Crippen LogP contribution in [0.25, 0.3) is 0 Å². The molecule has 1 saturated heterocycles. The SMILES string of the molecule is CC(C)N(C)S(=O)(=O)N1CCC[C@H]1CO. The van der Waals surface area contributed by atoms with E-state index in [0.717, 1.165) is 12.8 Å². The van der Waals surface area contributed by atoms with Crippen LogP contribution in [0.2, 0.25) is 0 Å². The molecule has 1 rings (SSSR count). The number of aliphatic hydroxyl groups excluding tert-OH is 1. The van der Waals surface area contributed by atoms with Gasteiger partial charge in [0.25, 0.3) is 10.2 Å². The van der Waals surface area contributed by atoms with Gasteiger partial charge in [-0.1, -0.05) is 0 Å². The van der Waals surface area contributed by atoms with Crippen LogP contribution in [-0.4, -0.2) is 54.4 Å². The minimum Gasteiger partial charge on any atom is -0.395 e. The van der Waals surface area contributed by atoms with Gasteiger partial charge in [-0.05, 0) is 26.7 Å². The van der Waals surface area contributed by atoms with Crippen molar-refractivity contribution in [3.63, 3.8) is 0 Å². The van der Waals surface area contributed by atoms with Crippen molar-refractivity contribution in [3.05, 3.63) is 0 Å². The molecule has 90 valence electrons. The van der Waals surface area contributed by atoms with Gasteiger partial charge in [-0.2, -0.15) is 17.0 Å². The monoisotopic (exact) mass is 236 g/mol. The van der Waals surface area contributed by atoms with Crippen LogP contribution >= 0.6 is 0 Å². The standard InChI is InChI=1S/C9H20N2O3S/c1-8(2)10(3)15(13,14)11-6-4-5-9(11)7-12/h8-9,12H,4-7H2,1-3H3/t9-/m0/s1. The van der Waals surface area contributed by atoms with Gasteiger partial charge in [-0.3, -0.25) is 0 Å². The average Bonchev–Trinajstić information content (AvgIpc) is 2.64. The van der Waals surface area contributed by atoms with Gasteiger partial charge in [-0.15, -0.1) is 0 Å². The van der Waals surface area contributed by atoms with Gasteiger partial charge in [-0.25, -0.2) is 0 Å². The van der Waals surface area contributed by atoms with E-state index in [1.165, 1.54) is 8.61 Å². The highest BCUT2D eigenvalue weighted by molar-refractivity contribution is 7.86. The fourth-order valence-corrected chi connectivity index (χ4v) is 3.50. The third-order valence-electron chi connectivity index (χ3n) is 2.92. The van der Waals surface area contributed by atoms with Crippen LogP contribution < -0.4 is 0 Å². The normalized spacial score (nSPS) is 24.3. The summed E-state index contributed by atoms with van der Waals surface area (Å²) in [6.45, 7) is 4.10. The number of rotatable bonds is 4. The highest BCUT2D eigenvalue weighted by atomic mass is 32.2. The van der Waals surface area contributed by atoms with Crippen LogP contribution in [0.3, 0.4) is 0 Å². The van der Waals surface area contributed by atoms with Crippen LogP contribution in [-0.2, 0) is 10.2 Å². The van der Waals surface area contributed by atoms with Crippen molar-refractivity contribution in [2.75, 3.05) is 20.2 Å². The van der Waals surface area contributed by atoms with Crippen molar-refractivity contribution in [2.24, 2.45) is 0 Å².